The molecular weight excluding hydrogens is 1270 g/mol. The molecule has 101 heavy (non-hydrogen) atoms. The Morgan fingerprint density at radius 1 is 0.307 bits per heavy atom. The minimum atomic E-state index is -4.40. The van der Waals surface area contributed by atoms with Gasteiger partial charge in [-0.15, -0.1) is 0 Å². The van der Waals surface area contributed by atoms with Gasteiger partial charge in [0.05, 0.1) is 13.2 Å². The maximum Gasteiger partial charge on any atom is 0.472 e. The van der Waals surface area contributed by atoms with E-state index in [4.69, 9.17) is 24.3 Å². The Balaban J connectivity index is 3.79. The van der Waals surface area contributed by atoms with E-state index in [1.165, 1.54) is 263 Å². The third kappa shape index (κ3) is 85.0. The van der Waals surface area contributed by atoms with Gasteiger partial charge in [-0.2, -0.15) is 0 Å². The molecule has 0 aliphatic carbocycles. The van der Waals surface area contributed by atoms with Crippen molar-refractivity contribution in [3.05, 3.63) is 134 Å². The van der Waals surface area contributed by atoms with Crippen LogP contribution in [0.2, 0.25) is 0 Å². The lowest BCUT2D eigenvalue weighted by Crippen LogP contribution is -2.29. The molecule has 0 heterocycles. The molecule has 0 aromatic rings. The van der Waals surface area contributed by atoms with Crippen LogP contribution in [0.15, 0.2) is 134 Å². The van der Waals surface area contributed by atoms with Crippen LogP contribution in [0.1, 0.15) is 399 Å². The number of carbonyl (C=O) groups excluding carboxylic acids is 2. The lowest BCUT2D eigenvalue weighted by atomic mass is 10.0. The number of esters is 2. The molecule has 9 nitrogen and oxygen atoms in total. The summed E-state index contributed by atoms with van der Waals surface area (Å²) in [5, 5.41) is 0. The second-order valence-electron chi connectivity index (χ2n) is 28.3. The van der Waals surface area contributed by atoms with Gasteiger partial charge in [-0.25, -0.2) is 4.57 Å². The molecule has 0 aliphatic rings. The monoisotopic (exact) mass is 1430 g/mol. The Morgan fingerprint density at radius 2 is 0.545 bits per heavy atom. The van der Waals surface area contributed by atoms with Gasteiger partial charge in [0, 0.05) is 19.4 Å². The van der Waals surface area contributed by atoms with Gasteiger partial charge in [0.1, 0.15) is 6.61 Å². The van der Waals surface area contributed by atoms with Crippen molar-refractivity contribution in [3.63, 3.8) is 0 Å². The Labute approximate surface area is 624 Å². The molecule has 0 bridgehead atoms. The van der Waals surface area contributed by atoms with Gasteiger partial charge in [0.2, 0.25) is 0 Å². The molecule has 0 aromatic heterocycles. The summed E-state index contributed by atoms with van der Waals surface area (Å²) in [4.78, 5) is 35.5. The molecule has 0 amide bonds. The number of rotatable bonds is 80. The number of phosphoric ester groups is 1. The fourth-order valence-corrected chi connectivity index (χ4v) is 13.0. The van der Waals surface area contributed by atoms with Crippen molar-refractivity contribution in [2.75, 3.05) is 26.4 Å². The topological polar surface area (TPSA) is 134 Å². The molecular formula is C91H160NO8P. The van der Waals surface area contributed by atoms with Gasteiger partial charge in [-0.1, -0.05) is 404 Å². The summed E-state index contributed by atoms with van der Waals surface area (Å²) in [6.45, 7) is 3.66. The molecule has 0 fully saturated rings. The fourth-order valence-electron chi connectivity index (χ4n) is 12.3. The van der Waals surface area contributed by atoms with Crippen LogP contribution < -0.4 is 5.73 Å². The van der Waals surface area contributed by atoms with Gasteiger partial charge >= 0.3 is 19.8 Å². The van der Waals surface area contributed by atoms with E-state index in [-0.39, 0.29) is 38.6 Å². The predicted octanol–water partition coefficient (Wildman–Crippen LogP) is 29.1. The second kappa shape index (κ2) is 85.1. The maximum absolute atomic E-state index is 12.8. The van der Waals surface area contributed by atoms with Crippen LogP contribution >= 0.6 is 7.82 Å². The Hall–Kier alpha value is -3.85. The molecule has 0 rings (SSSR count). The van der Waals surface area contributed by atoms with Crippen LogP contribution in [-0.4, -0.2) is 49.3 Å². The summed E-state index contributed by atoms with van der Waals surface area (Å²) < 4.78 is 33.3. The average Bonchev–Trinajstić information content (AvgIpc) is 1.01. The molecule has 0 saturated heterocycles. The molecule has 582 valence electrons. The van der Waals surface area contributed by atoms with Gasteiger partial charge in [-0.05, 0) is 116 Å². The first-order chi connectivity index (χ1) is 49.8. The van der Waals surface area contributed by atoms with Crippen LogP contribution in [-0.2, 0) is 32.7 Å². The molecule has 0 aliphatic heterocycles. The Kier molecular flexibility index (Phi) is 81.8. The highest BCUT2D eigenvalue weighted by Gasteiger charge is 2.26. The Morgan fingerprint density at radius 3 is 0.812 bits per heavy atom. The zero-order valence-corrected chi connectivity index (χ0v) is 66.8. The smallest absolute Gasteiger partial charge is 0.462 e. The lowest BCUT2D eigenvalue weighted by Gasteiger charge is -2.19. The summed E-state index contributed by atoms with van der Waals surface area (Å²) >= 11 is 0. The van der Waals surface area contributed by atoms with Crippen LogP contribution in [0.25, 0.3) is 0 Å². The summed E-state index contributed by atoms with van der Waals surface area (Å²) in [6.07, 6.45) is 122. The third-order valence-electron chi connectivity index (χ3n) is 18.5. The van der Waals surface area contributed by atoms with E-state index in [1.807, 2.05) is 0 Å². The quantitative estimate of drug-likeness (QED) is 0.0264. The van der Waals surface area contributed by atoms with Crippen molar-refractivity contribution in [1.29, 1.82) is 0 Å². The van der Waals surface area contributed by atoms with E-state index in [1.54, 1.807) is 0 Å². The zero-order chi connectivity index (χ0) is 72.9. The molecule has 2 atom stereocenters. The maximum atomic E-state index is 12.8. The number of hydrogen-bond acceptors (Lipinski definition) is 8. The molecule has 2 unspecified atom stereocenters. The van der Waals surface area contributed by atoms with Crippen molar-refractivity contribution < 1.29 is 37.6 Å². The van der Waals surface area contributed by atoms with Crippen molar-refractivity contribution in [1.82, 2.24) is 0 Å². The molecule has 0 saturated carbocycles. The molecule has 0 spiro atoms. The minimum Gasteiger partial charge on any atom is -0.462 e. The predicted molar refractivity (Wildman–Crippen MR) is 441 cm³/mol. The number of nitrogens with two attached hydrogens (primary N) is 1. The highest BCUT2D eigenvalue weighted by atomic mass is 31.2. The van der Waals surface area contributed by atoms with Crippen LogP contribution in [0.3, 0.4) is 0 Å². The van der Waals surface area contributed by atoms with Crippen molar-refractivity contribution in [3.8, 4) is 0 Å². The number of ether oxygens (including phenoxy) is 2. The summed E-state index contributed by atoms with van der Waals surface area (Å²) in [6, 6.07) is 0. The van der Waals surface area contributed by atoms with E-state index in [9.17, 15) is 19.0 Å². The molecule has 3 N–H and O–H groups in total. The van der Waals surface area contributed by atoms with Crippen LogP contribution in [0, 0.1) is 0 Å². The van der Waals surface area contributed by atoms with E-state index in [0.29, 0.717) is 6.42 Å². The van der Waals surface area contributed by atoms with Crippen LogP contribution in [0.5, 0.6) is 0 Å². The highest BCUT2D eigenvalue weighted by molar-refractivity contribution is 7.47. The molecule has 0 radical (unpaired) electrons. The average molecular weight is 1430 g/mol. The first-order valence-corrected chi connectivity index (χ1v) is 44.2. The first kappa shape index (κ1) is 97.2. The van der Waals surface area contributed by atoms with Crippen molar-refractivity contribution in [2.45, 2.75) is 405 Å². The van der Waals surface area contributed by atoms with Crippen molar-refractivity contribution >= 4 is 19.8 Å². The van der Waals surface area contributed by atoms with E-state index < -0.39 is 26.5 Å². The van der Waals surface area contributed by atoms with Gasteiger partial charge < -0.3 is 20.1 Å². The van der Waals surface area contributed by atoms with Crippen LogP contribution in [0.4, 0.5) is 0 Å². The normalized spacial score (nSPS) is 13.5. The SMILES string of the molecule is CC/C=C\C/C=C\C/C=C\C/C=C\C/C=C\C/C=C\C/C=C\C/C=C\CCCCCCCCCCCCCCCCC(=O)OC(COC(=O)CCCCCCCCCCCCCCCCCCCCCCCCCCCC/C=C\C/C=C\C/C=C\CCCCCCC)COP(=O)(O)OCCN. The third-order valence-corrected chi connectivity index (χ3v) is 19.5. The number of allylic oxidation sites excluding steroid dienone is 22. The van der Waals surface area contributed by atoms with E-state index in [0.717, 1.165) is 103 Å². The molecule has 10 heteroatoms. The number of phosphoric acid groups is 1. The summed E-state index contributed by atoms with van der Waals surface area (Å²) in [5.74, 6) is -0.815. The fraction of sp³-hybridized carbons (Fsp3) is 0.736. The summed E-state index contributed by atoms with van der Waals surface area (Å²) in [5.41, 5.74) is 5.42. The second-order valence-corrected chi connectivity index (χ2v) is 29.8. The summed E-state index contributed by atoms with van der Waals surface area (Å²) in [7, 11) is -4.40. The van der Waals surface area contributed by atoms with E-state index >= 15 is 0 Å². The lowest BCUT2D eigenvalue weighted by molar-refractivity contribution is -0.161. The highest BCUT2D eigenvalue weighted by Crippen LogP contribution is 2.43. The van der Waals surface area contributed by atoms with E-state index in [2.05, 4.69) is 148 Å². The zero-order valence-electron chi connectivity index (χ0n) is 65.9. The number of carbonyl (C=O) groups is 2. The Bertz CT molecular complexity index is 2130. The molecule has 0 aromatic carbocycles. The largest absolute Gasteiger partial charge is 0.472 e. The van der Waals surface area contributed by atoms with Gasteiger partial charge in [-0.3, -0.25) is 18.6 Å². The number of hydrogen-bond donors (Lipinski definition) is 2. The van der Waals surface area contributed by atoms with Crippen molar-refractivity contribution in [2.24, 2.45) is 5.73 Å². The standard InChI is InChI=1S/C91H160NO8P/c1-3-5-7-9-11-13-15-17-19-21-23-25-27-29-31-33-35-37-39-41-43-44-46-47-49-51-53-55-57-59-61-63-65-67-69-71-73-75-77-79-81-83-90(93)97-87-89(88-99-101(95,96)98-86-85-92)100-91(94)84-82-80-78-76-74-72-70-68-66-64-62-60-58-56-54-52-50-48-45-42-40-38-36-34-32-30-28-26-24-22-20-18-16-14-12-10-8-6-4-2/h6,8,12,14-15,17-18,20-21,23-24,26-27,29-30,32,36,38,42,45,50,52,89H,3-5,7,9-11,13,16,19,22,25,28,31,33-35,37,39-41,43-44,46-49,51,53-88,92H2,1-2H3,(H,95,96)/b8-6-,14-12-,17-15-,20-18-,23-21-,26-24-,29-27-,32-30-,38-36-,45-42-,52-50-. The first-order valence-electron chi connectivity index (χ1n) is 42.7. The van der Waals surface area contributed by atoms with Gasteiger partial charge in [0.25, 0.3) is 0 Å². The number of unbranched alkanes of at least 4 members (excludes halogenated alkanes) is 45. The van der Waals surface area contributed by atoms with Gasteiger partial charge in [0.15, 0.2) is 6.10 Å². The minimum absolute atomic E-state index is 0.0509.